The average Bonchev–Trinajstić information content (AvgIpc) is 3.61. The van der Waals surface area contributed by atoms with Gasteiger partial charge in [0.25, 0.3) is 7.82 Å². The van der Waals surface area contributed by atoms with Gasteiger partial charge in [-0.3, -0.25) is 14.2 Å². The molecule has 0 aliphatic carbocycles. The number of ether oxygens (including phenoxy) is 2. The van der Waals surface area contributed by atoms with E-state index in [1.807, 2.05) is 21.1 Å². The molecule has 2 unspecified atom stereocenters. The van der Waals surface area contributed by atoms with E-state index < -0.39 is 32.5 Å². The van der Waals surface area contributed by atoms with Crippen LogP contribution >= 0.6 is 7.82 Å². The number of allylic oxidation sites excluding steroid dienone is 14. The second-order valence-electron chi connectivity index (χ2n) is 24.9. The van der Waals surface area contributed by atoms with E-state index in [9.17, 15) is 19.0 Å². The minimum Gasteiger partial charge on any atom is -0.756 e. The van der Waals surface area contributed by atoms with Gasteiger partial charge >= 0.3 is 11.9 Å². The molecule has 2 atom stereocenters. The topological polar surface area (TPSA) is 111 Å². The first-order chi connectivity index (χ1) is 41.0. The lowest BCUT2D eigenvalue weighted by Crippen LogP contribution is -2.37. The van der Waals surface area contributed by atoms with Gasteiger partial charge in [-0.1, -0.05) is 304 Å². The summed E-state index contributed by atoms with van der Waals surface area (Å²) < 4.78 is 34.3. The Balaban J connectivity index is 3.91. The molecule has 0 aromatic heterocycles. The molecule has 9 nitrogen and oxygen atoms in total. The molecule has 0 bridgehead atoms. The molecule has 0 N–H and O–H groups in total. The molecule has 0 aliphatic heterocycles. The molecular weight excluding hydrogens is 1060 g/mol. The van der Waals surface area contributed by atoms with Crippen molar-refractivity contribution in [3.63, 3.8) is 0 Å². The molecule has 84 heavy (non-hydrogen) atoms. The molecule has 0 amide bonds. The SMILES string of the molecule is CC/C=C\C/C=C\C/C=C\C/C=C\CCCCCCCCCCCCCCCCCCCCCCCCCCCCCCC(=O)OC(COC(=O)CCCCCCCC/C=C\C/C=C\C/C=C\CCCCC)COP(=O)([O-])OCC[N+](C)(C)C. The van der Waals surface area contributed by atoms with E-state index in [4.69, 9.17) is 18.5 Å². The van der Waals surface area contributed by atoms with Crippen LogP contribution in [0.2, 0.25) is 0 Å². The average molecular weight is 1200 g/mol. The van der Waals surface area contributed by atoms with Gasteiger partial charge in [-0.15, -0.1) is 0 Å². The summed E-state index contributed by atoms with van der Waals surface area (Å²) >= 11 is 0. The molecule has 0 heterocycles. The Morgan fingerprint density at radius 1 is 0.381 bits per heavy atom. The molecule has 488 valence electrons. The largest absolute Gasteiger partial charge is 0.756 e. The standard InChI is InChI=1S/C74H134NO8P/c1-6-8-10-12-14-16-18-20-22-24-26-27-28-29-30-31-32-33-34-35-36-37-38-39-40-41-42-43-44-45-46-47-49-51-53-55-57-59-61-63-65-67-74(77)83-72(71-82-84(78,79)81-69-68-75(3,4)5)70-80-73(76)66-64-62-60-58-56-54-52-50-48-25-23-21-19-17-15-13-11-9-7-2/h8,10,14-17,20-23,26-27,48,50,72H,6-7,9,11-13,18-19,24-25,28-47,49,51-71H2,1-5H3/b10-8-,16-14-,17-15-,22-20-,23-21-,27-26-,50-48-. The summed E-state index contributed by atoms with van der Waals surface area (Å²) in [5.74, 6) is -0.837. The van der Waals surface area contributed by atoms with Gasteiger partial charge in [-0.2, -0.15) is 0 Å². The highest BCUT2D eigenvalue weighted by atomic mass is 31.2. The van der Waals surface area contributed by atoms with E-state index >= 15 is 0 Å². The molecular formula is C74H134NO8P. The molecule has 0 rings (SSSR count). The number of phosphoric ester groups is 1. The van der Waals surface area contributed by atoms with Crippen LogP contribution in [0.25, 0.3) is 0 Å². The number of hydrogen-bond donors (Lipinski definition) is 0. The zero-order valence-corrected chi connectivity index (χ0v) is 56.5. The van der Waals surface area contributed by atoms with Crippen LogP contribution in [-0.2, 0) is 32.7 Å². The zero-order valence-electron chi connectivity index (χ0n) is 55.6. The molecule has 0 saturated heterocycles. The third-order valence-electron chi connectivity index (χ3n) is 15.4. The Kier molecular flexibility index (Phi) is 62.5. The highest BCUT2D eigenvalue weighted by molar-refractivity contribution is 7.45. The van der Waals surface area contributed by atoms with Crippen LogP contribution in [0.1, 0.15) is 322 Å². The Morgan fingerprint density at radius 2 is 0.679 bits per heavy atom. The molecule has 0 fully saturated rings. The normalized spacial score (nSPS) is 13.6. The first kappa shape index (κ1) is 81.2. The van der Waals surface area contributed by atoms with Crippen LogP contribution in [-0.4, -0.2) is 70.0 Å². The third-order valence-corrected chi connectivity index (χ3v) is 16.4. The van der Waals surface area contributed by atoms with E-state index in [1.54, 1.807) is 0 Å². The predicted molar refractivity (Wildman–Crippen MR) is 360 cm³/mol. The maximum atomic E-state index is 12.9. The molecule has 0 aromatic rings. The van der Waals surface area contributed by atoms with Crippen LogP contribution in [0, 0.1) is 0 Å². The van der Waals surface area contributed by atoms with E-state index in [0.29, 0.717) is 23.9 Å². The Hall–Kier alpha value is -2.81. The van der Waals surface area contributed by atoms with Gasteiger partial charge in [0.2, 0.25) is 0 Å². The van der Waals surface area contributed by atoms with Gasteiger partial charge in [0.1, 0.15) is 19.8 Å². The lowest BCUT2D eigenvalue weighted by molar-refractivity contribution is -0.870. The van der Waals surface area contributed by atoms with Gasteiger partial charge in [-0.05, 0) is 89.9 Å². The van der Waals surface area contributed by atoms with Crippen LogP contribution in [0.5, 0.6) is 0 Å². The Bertz CT molecular complexity index is 1690. The quantitative estimate of drug-likeness (QED) is 0.0195. The summed E-state index contributed by atoms with van der Waals surface area (Å²) in [6.45, 7) is 4.12. The predicted octanol–water partition coefficient (Wildman–Crippen LogP) is 22.3. The van der Waals surface area contributed by atoms with Crippen molar-refractivity contribution in [1.29, 1.82) is 0 Å². The fraction of sp³-hybridized carbons (Fsp3) is 0.784. The molecule has 0 radical (unpaired) electrons. The van der Waals surface area contributed by atoms with Crippen molar-refractivity contribution in [1.82, 2.24) is 0 Å². The van der Waals surface area contributed by atoms with Crippen molar-refractivity contribution in [3.05, 3.63) is 85.1 Å². The monoisotopic (exact) mass is 1200 g/mol. The fourth-order valence-electron chi connectivity index (χ4n) is 10.0. The molecule has 10 heteroatoms. The van der Waals surface area contributed by atoms with Crippen LogP contribution < -0.4 is 4.89 Å². The maximum absolute atomic E-state index is 12.9. The fourth-order valence-corrected chi connectivity index (χ4v) is 10.7. The van der Waals surface area contributed by atoms with Gasteiger partial charge in [0.15, 0.2) is 6.10 Å². The summed E-state index contributed by atoms with van der Waals surface area (Å²) in [6.07, 6.45) is 88.3. The van der Waals surface area contributed by atoms with Crippen molar-refractivity contribution < 1.29 is 42.1 Å². The summed E-state index contributed by atoms with van der Waals surface area (Å²) in [4.78, 5) is 38.0. The van der Waals surface area contributed by atoms with E-state index in [1.165, 1.54) is 199 Å². The first-order valence-electron chi connectivity index (χ1n) is 35.3. The number of hydrogen-bond acceptors (Lipinski definition) is 8. The van der Waals surface area contributed by atoms with Crippen LogP contribution in [0.3, 0.4) is 0 Å². The second kappa shape index (κ2) is 64.7. The second-order valence-corrected chi connectivity index (χ2v) is 26.3. The van der Waals surface area contributed by atoms with Gasteiger partial charge in [0, 0.05) is 12.8 Å². The lowest BCUT2D eigenvalue weighted by Gasteiger charge is -2.28. The summed E-state index contributed by atoms with van der Waals surface area (Å²) in [5.41, 5.74) is 0. The number of carbonyl (C=O) groups excluding carboxylic acids is 2. The highest BCUT2D eigenvalue weighted by Crippen LogP contribution is 2.38. The van der Waals surface area contributed by atoms with Crippen molar-refractivity contribution in [2.24, 2.45) is 0 Å². The highest BCUT2D eigenvalue weighted by Gasteiger charge is 2.22. The third kappa shape index (κ3) is 68.3. The summed E-state index contributed by atoms with van der Waals surface area (Å²) in [7, 11) is 1.17. The first-order valence-corrected chi connectivity index (χ1v) is 36.8. The van der Waals surface area contributed by atoms with E-state index in [-0.39, 0.29) is 26.1 Å². The van der Waals surface area contributed by atoms with Crippen molar-refractivity contribution in [2.75, 3.05) is 47.5 Å². The lowest BCUT2D eigenvalue weighted by atomic mass is 10.0. The van der Waals surface area contributed by atoms with Crippen LogP contribution in [0.4, 0.5) is 0 Å². The minimum absolute atomic E-state index is 0.0337. The van der Waals surface area contributed by atoms with Gasteiger partial charge in [0.05, 0.1) is 27.7 Å². The molecule has 0 saturated carbocycles. The number of quaternary nitrogens is 1. The summed E-state index contributed by atoms with van der Waals surface area (Å²) in [6, 6.07) is 0. The number of phosphoric acid groups is 1. The Morgan fingerprint density at radius 3 is 1.01 bits per heavy atom. The molecule has 0 aliphatic rings. The van der Waals surface area contributed by atoms with E-state index in [0.717, 1.165) is 83.5 Å². The number of nitrogens with zero attached hydrogens (tertiary/aromatic N) is 1. The van der Waals surface area contributed by atoms with Crippen molar-refractivity contribution in [3.8, 4) is 0 Å². The number of likely N-dealkylation sites (N-methyl/N-ethyl adjacent to an activating group) is 1. The number of esters is 2. The van der Waals surface area contributed by atoms with Crippen molar-refractivity contribution in [2.45, 2.75) is 328 Å². The smallest absolute Gasteiger partial charge is 0.306 e. The molecule has 0 spiro atoms. The zero-order chi connectivity index (χ0) is 61.2. The van der Waals surface area contributed by atoms with Crippen molar-refractivity contribution >= 4 is 19.8 Å². The Labute approximate surface area is 520 Å². The molecule has 0 aromatic carbocycles. The number of carbonyl (C=O) groups is 2. The minimum atomic E-state index is -4.64. The summed E-state index contributed by atoms with van der Waals surface area (Å²) in [5, 5.41) is 0. The number of rotatable bonds is 65. The van der Waals surface area contributed by atoms with Crippen LogP contribution in [0.15, 0.2) is 85.1 Å². The number of unbranched alkanes of at least 4 members (excludes halogenated alkanes) is 37. The van der Waals surface area contributed by atoms with Gasteiger partial charge < -0.3 is 27.9 Å². The van der Waals surface area contributed by atoms with Gasteiger partial charge in [-0.25, -0.2) is 0 Å². The van der Waals surface area contributed by atoms with E-state index in [2.05, 4.69) is 98.9 Å². The maximum Gasteiger partial charge on any atom is 0.306 e.